The molecule has 6 heteroatoms. The van der Waals surface area contributed by atoms with Gasteiger partial charge in [-0.15, -0.1) is 0 Å². The number of carboxylic acids is 1. The molecule has 21 heavy (non-hydrogen) atoms. The fourth-order valence-corrected chi connectivity index (χ4v) is 2.69. The van der Waals surface area contributed by atoms with E-state index in [1.807, 2.05) is 31.2 Å². The molecule has 0 saturated heterocycles. The van der Waals surface area contributed by atoms with E-state index in [9.17, 15) is 9.90 Å². The standard InChI is InChI=1S/C15H17N3O3/c1-2-21-12-6-4-3-5-9(12)13-14-10(16-8-17-14)7-11(18-13)15(19)20/h3-6,8,11,13,18H,2,7H2,1H3,(H,16,17)(H,19,20)/t11-,13+/m0/s1. The molecular weight excluding hydrogens is 270 g/mol. The van der Waals surface area contributed by atoms with Gasteiger partial charge in [-0.05, 0) is 13.0 Å². The van der Waals surface area contributed by atoms with Crippen molar-refractivity contribution < 1.29 is 14.6 Å². The predicted octanol–water partition coefficient (Wildman–Crippen LogP) is 1.50. The second-order valence-corrected chi connectivity index (χ2v) is 4.93. The second-order valence-electron chi connectivity index (χ2n) is 4.93. The monoisotopic (exact) mass is 287 g/mol. The van der Waals surface area contributed by atoms with Gasteiger partial charge in [-0.25, -0.2) is 4.98 Å². The highest BCUT2D eigenvalue weighted by molar-refractivity contribution is 5.74. The first-order chi connectivity index (χ1) is 10.2. The van der Waals surface area contributed by atoms with Gasteiger partial charge >= 0.3 is 5.97 Å². The minimum Gasteiger partial charge on any atom is -0.494 e. The third-order valence-corrected chi connectivity index (χ3v) is 3.63. The van der Waals surface area contributed by atoms with Crippen LogP contribution in [-0.4, -0.2) is 33.7 Å². The number of aromatic nitrogens is 2. The smallest absolute Gasteiger partial charge is 0.321 e. The van der Waals surface area contributed by atoms with Gasteiger partial charge in [0.25, 0.3) is 0 Å². The minimum absolute atomic E-state index is 0.288. The molecule has 1 aromatic heterocycles. The molecule has 0 aliphatic carbocycles. The molecule has 0 bridgehead atoms. The molecule has 0 unspecified atom stereocenters. The number of fused-ring (bicyclic) bond motifs is 1. The molecule has 110 valence electrons. The van der Waals surface area contributed by atoms with Crippen LogP contribution in [0.4, 0.5) is 0 Å². The summed E-state index contributed by atoms with van der Waals surface area (Å²) in [5.41, 5.74) is 2.59. The lowest BCUT2D eigenvalue weighted by molar-refractivity contribution is -0.139. The first-order valence-electron chi connectivity index (χ1n) is 6.93. The topological polar surface area (TPSA) is 87.2 Å². The number of aliphatic carboxylic acids is 1. The van der Waals surface area contributed by atoms with Crippen molar-refractivity contribution in [3.8, 4) is 5.75 Å². The Morgan fingerprint density at radius 1 is 1.48 bits per heavy atom. The fraction of sp³-hybridized carbons (Fsp3) is 0.333. The Kier molecular flexibility index (Phi) is 3.62. The van der Waals surface area contributed by atoms with E-state index in [1.54, 1.807) is 6.33 Å². The predicted molar refractivity (Wildman–Crippen MR) is 76.3 cm³/mol. The quantitative estimate of drug-likeness (QED) is 0.793. The zero-order chi connectivity index (χ0) is 14.8. The van der Waals surface area contributed by atoms with Gasteiger partial charge in [0, 0.05) is 17.7 Å². The molecule has 2 heterocycles. The summed E-state index contributed by atoms with van der Waals surface area (Å²) in [6, 6.07) is 6.71. The second kappa shape index (κ2) is 5.57. The number of H-pyrrole nitrogens is 1. The van der Waals surface area contributed by atoms with Gasteiger partial charge in [-0.2, -0.15) is 0 Å². The summed E-state index contributed by atoms with van der Waals surface area (Å²) in [6.45, 7) is 2.48. The molecule has 0 spiro atoms. The first-order valence-corrected chi connectivity index (χ1v) is 6.93. The van der Waals surface area contributed by atoms with Crippen LogP contribution < -0.4 is 10.1 Å². The number of ether oxygens (including phenoxy) is 1. The number of hydrogen-bond acceptors (Lipinski definition) is 4. The van der Waals surface area contributed by atoms with E-state index >= 15 is 0 Å². The summed E-state index contributed by atoms with van der Waals surface area (Å²) in [7, 11) is 0. The number of para-hydroxylation sites is 1. The Labute approximate surface area is 122 Å². The van der Waals surface area contributed by atoms with Crippen LogP contribution in [0.5, 0.6) is 5.75 Å². The molecular formula is C15H17N3O3. The van der Waals surface area contributed by atoms with Crippen LogP contribution in [0.15, 0.2) is 30.6 Å². The Hall–Kier alpha value is -2.34. The maximum absolute atomic E-state index is 11.3. The van der Waals surface area contributed by atoms with E-state index in [-0.39, 0.29) is 6.04 Å². The van der Waals surface area contributed by atoms with Gasteiger partial charge < -0.3 is 14.8 Å². The Balaban J connectivity index is 2.03. The van der Waals surface area contributed by atoms with Crippen molar-refractivity contribution in [3.63, 3.8) is 0 Å². The summed E-state index contributed by atoms with van der Waals surface area (Å²) in [5, 5.41) is 12.5. The molecule has 2 aromatic rings. The van der Waals surface area contributed by atoms with Crippen LogP contribution in [0.25, 0.3) is 0 Å². The lowest BCUT2D eigenvalue weighted by Gasteiger charge is -2.29. The van der Waals surface area contributed by atoms with Gasteiger partial charge in [0.1, 0.15) is 11.8 Å². The third kappa shape index (κ3) is 2.50. The van der Waals surface area contributed by atoms with E-state index < -0.39 is 12.0 Å². The van der Waals surface area contributed by atoms with Crippen molar-refractivity contribution in [2.75, 3.05) is 6.61 Å². The summed E-state index contributed by atoms with van der Waals surface area (Å²) in [4.78, 5) is 18.7. The normalized spacial score (nSPS) is 20.8. The average Bonchev–Trinajstić information content (AvgIpc) is 2.95. The number of nitrogens with zero attached hydrogens (tertiary/aromatic N) is 1. The summed E-state index contributed by atoms with van der Waals surface area (Å²) >= 11 is 0. The number of nitrogens with one attached hydrogen (secondary N) is 2. The Bertz CT molecular complexity index is 653. The SMILES string of the molecule is CCOc1ccccc1[C@H]1N[C@H](C(=O)O)Cc2[nH]cnc21. The van der Waals surface area contributed by atoms with Crippen LogP contribution in [0, 0.1) is 0 Å². The summed E-state index contributed by atoms with van der Waals surface area (Å²) in [6.07, 6.45) is 2.00. The molecule has 0 amide bonds. The first kappa shape index (κ1) is 13.6. The third-order valence-electron chi connectivity index (χ3n) is 3.63. The zero-order valence-electron chi connectivity index (χ0n) is 11.7. The molecule has 3 N–H and O–H groups in total. The average molecular weight is 287 g/mol. The van der Waals surface area contributed by atoms with Gasteiger partial charge in [0.15, 0.2) is 0 Å². The molecule has 6 nitrogen and oxygen atoms in total. The molecule has 0 saturated carbocycles. The van der Waals surface area contributed by atoms with Crippen molar-refractivity contribution in [3.05, 3.63) is 47.5 Å². The zero-order valence-corrected chi connectivity index (χ0v) is 11.7. The van der Waals surface area contributed by atoms with Crippen molar-refractivity contribution in [2.24, 2.45) is 0 Å². The number of benzene rings is 1. The summed E-state index contributed by atoms with van der Waals surface area (Å²) in [5.74, 6) is -0.119. The number of imidazole rings is 1. The van der Waals surface area contributed by atoms with Crippen molar-refractivity contribution in [1.82, 2.24) is 15.3 Å². The number of carboxylic acid groups (broad SMARTS) is 1. The van der Waals surface area contributed by atoms with Gasteiger partial charge in [-0.1, -0.05) is 18.2 Å². The van der Waals surface area contributed by atoms with Crippen LogP contribution in [-0.2, 0) is 11.2 Å². The van der Waals surface area contributed by atoms with Crippen LogP contribution in [0.3, 0.4) is 0 Å². The molecule has 1 aliphatic rings. The largest absolute Gasteiger partial charge is 0.494 e. The molecule has 2 atom stereocenters. The van der Waals surface area contributed by atoms with E-state index in [0.717, 1.165) is 22.7 Å². The highest BCUT2D eigenvalue weighted by Crippen LogP contribution is 2.33. The number of aromatic amines is 1. The van der Waals surface area contributed by atoms with Crippen molar-refractivity contribution in [1.29, 1.82) is 0 Å². The van der Waals surface area contributed by atoms with E-state index in [1.165, 1.54) is 0 Å². The Morgan fingerprint density at radius 3 is 3.05 bits per heavy atom. The maximum atomic E-state index is 11.3. The van der Waals surface area contributed by atoms with Crippen LogP contribution >= 0.6 is 0 Å². The van der Waals surface area contributed by atoms with E-state index in [4.69, 9.17) is 4.74 Å². The lowest BCUT2D eigenvalue weighted by Crippen LogP contribution is -2.45. The molecule has 1 aromatic carbocycles. The van der Waals surface area contributed by atoms with E-state index in [0.29, 0.717) is 13.0 Å². The maximum Gasteiger partial charge on any atom is 0.321 e. The molecule has 3 rings (SSSR count). The van der Waals surface area contributed by atoms with Crippen LogP contribution in [0.2, 0.25) is 0 Å². The molecule has 1 aliphatic heterocycles. The number of hydrogen-bond donors (Lipinski definition) is 3. The fourth-order valence-electron chi connectivity index (χ4n) is 2.69. The van der Waals surface area contributed by atoms with Gasteiger partial charge in [-0.3, -0.25) is 10.1 Å². The number of carbonyl (C=O) groups is 1. The van der Waals surface area contributed by atoms with Gasteiger partial charge in [0.2, 0.25) is 0 Å². The highest BCUT2D eigenvalue weighted by Gasteiger charge is 2.34. The van der Waals surface area contributed by atoms with Gasteiger partial charge in [0.05, 0.1) is 24.7 Å². The minimum atomic E-state index is -0.867. The Morgan fingerprint density at radius 2 is 2.29 bits per heavy atom. The molecule has 0 fully saturated rings. The van der Waals surface area contributed by atoms with E-state index in [2.05, 4.69) is 15.3 Å². The van der Waals surface area contributed by atoms with Crippen LogP contribution in [0.1, 0.15) is 29.9 Å². The molecule has 0 radical (unpaired) electrons. The number of rotatable bonds is 4. The highest BCUT2D eigenvalue weighted by atomic mass is 16.5. The lowest BCUT2D eigenvalue weighted by atomic mass is 9.93. The summed E-state index contributed by atoms with van der Waals surface area (Å²) < 4.78 is 5.65. The van der Waals surface area contributed by atoms with Crippen molar-refractivity contribution in [2.45, 2.75) is 25.4 Å². The van der Waals surface area contributed by atoms with Crippen molar-refractivity contribution >= 4 is 5.97 Å².